The summed E-state index contributed by atoms with van der Waals surface area (Å²) in [5.41, 5.74) is 2.87. The zero-order valence-corrected chi connectivity index (χ0v) is 10.7. The fourth-order valence-corrected chi connectivity index (χ4v) is 2.05. The normalized spacial score (nSPS) is 12.4. The van der Waals surface area contributed by atoms with E-state index in [2.05, 4.69) is 10.3 Å². The van der Waals surface area contributed by atoms with Crippen molar-refractivity contribution in [2.45, 2.75) is 19.4 Å². The van der Waals surface area contributed by atoms with Crippen LogP contribution in [-0.4, -0.2) is 12.0 Å². The number of hydrogen-bond donors (Lipinski definition) is 1. The predicted molar refractivity (Wildman–Crippen MR) is 70.9 cm³/mol. The van der Waals surface area contributed by atoms with Gasteiger partial charge in [-0.25, -0.2) is 4.39 Å². The Morgan fingerprint density at radius 3 is 2.83 bits per heavy atom. The molecule has 0 aliphatic heterocycles. The summed E-state index contributed by atoms with van der Waals surface area (Å²) in [6, 6.07) is 9.08. The van der Waals surface area contributed by atoms with Crippen LogP contribution in [0.4, 0.5) is 4.39 Å². The van der Waals surface area contributed by atoms with Crippen molar-refractivity contribution < 1.29 is 4.39 Å². The van der Waals surface area contributed by atoms with E-state index in [1.807, 2.05) is 38.4 Å². The Kier molecular flexibility index (Phi) is 4.05. The third-order valence-electron chi connectivity index (χ3n) is 3.04. The Balaban J connectivity index is 2.26. The molecule has 1 N–H and O–H groups in total. The molecule has 1 unspecified atom stereocenters. The Hall–Kier alpha value is -1.74. The summed E-state index contributed by atoms with van der Waals surface area (Å²) < 4.78 is 13.9. The maximum Gasteiger partial charge on any atom is 0.128 e. The maximum atomic E-state index is 13.9. The number of rotatable bonds is 4. The third-order valence-corrected chi connectivity index (χ3v) is 3.04. The summed E-state index contributed by atoms with van der Waals surface area (Å²) in [5.74, 6) is -0.163. The van der Waals surface area contributed by atoms with E-state index in [4.69, 9.17) is 0 Å². The SMILES string of the molecule is CNC(Cc1cccnc1)c1cc(C)ccc1F. The Labute approximate surface area is 107 Å². The van der Waals surface area contributed by atoms with Crippen LogP contribution in [0.2, 0.25) is 0 Å². The Bertz CT molecular complexity index is 511. The molecule has 0 saturated heterocycles. The van der Waals surface area contributed by atoms with Crippen LogP contribution in [0.5, 0.6) is 0 Å². The third kappa shape index (κ3) is 2.93. The second kappa shape index (κ2) is 5.74. The highest BCUT2D eigenvalue weighted by Gasteiger charge is 2.14. The van der Waals surface area contributed by atoms with Gasteiger partial charge in [-0.05, 0) is 38.1 Å². The van der Waals surface area contributed by atoms with Crippen LogP contribution < -0.4 is 5.32 Å². The van der Waals surface area contributed by atoms with Gasteiger partial charge in [0.05, 0.1) is 0 Å². The molecule has 0 radical (unpaired) electrons. The molecular formula is C15H17FN2. The van der Waals surface area contributed by atoms with Crippen molar-refractivity contribution in [3.05, 3.63) is 65.2 Å². The molecule has 0 bridgehead atoms. The molecule has 2 aromatic rings. The fraction of sp³-hybridized carbons (Fsp3) is 0.267. The van der Waals surface area contributed by atoms with Crippen molar-refractivity contribution in [2.24, 2.45) is 0 Å². The molecule has 0 aliphatic carbocycles. The summed E-state index contributed by atoms with van der Waals surface area (Å²) in [4.78, 5) is 4.08. The number of nitrogens with zero attached hydrogens (tertiary/aromatic N) is 1. The van der Waals surface area contributed by atoms with E-state index in [-0.39, 0.29) is 11.9 Å². The summed E-state index contributed by atoms with van der Waals surface area (Å²) in [7, 11) is 1.85. The van der Waals surface area contributed by atoms with Crippen molar-refractivity contribution >= 4 is 0 Å². The standard InChI is InChI=1S/C15H17FN2/c1-11-5-6-14(16)13(8-11)15(17-2)9-12-4-3-7-18-10-12/h3-8,10,15,17H,9H2,1-2H3. The highest BCUT2D eigenvalue weighted by atomic mass is 19.1. The van der Waals surface area contributed by atoms with Gasteiger partial charge in [0.2, 0.25) is 0 Å². The molecule has 0 spiro atoms. The van der Waals surface area contributed by atoms with E-state index in [0.29, 0.717) is 5.56 Å². The molecule has 1 atom stereocenters. The lowest BCUT2D eigenvalue weighted by molar-refractivity contribution is 0.533. The summed E-state index contributed by atoms with van der Waals surface area (Å²) in [6.07, 6.45) is 4.29. The van der Waals surface area contributed by atoms with Crippen LogP contribution in [0.15, 0.2) is 42.7 Å². The summed E-state index contributed by atoms with van der Waals surface area (Å²) >= 11 is 0. The van der Waals surface area contributed by atoms with Crippen molar-refractivity contribution in [2.75, 3.05) is 7.05 Å². The van der Waals surface area contributed by atoms with Gasteiger partial charge in [0.15, 0.2) is 0 Å². The van der Waals surface area contributed by atoms with E-state index in [9.17, 15) is 4.39 Å². The van der Waals surface area contributed by atoms with Crippen LogP contribution in [0.1, 0.15) is 22.7 Å². The number of hydrogen-bond acceptors (Lipinski definition) is 2. The molecule has 1 aromatic heterocycles. The van der Waals surface area contributed by atoms with Crippen molar-refractivity contribution in [3.8, 4) is 0 Å². The molecule has 0 aliphatic rings. The molecule has 18 heavy (non-hydrogen) atoms. The van der Waals surface area contributed by atoms with Gasteiger partial charge in [0, 0.05) is 24.0 Å². The van der Waals surface area contributed by atoms with E-state index in [1.165, 1.54) is 6.07 Å². The number of pyridine rings is 1. The highest BCUT2D eigenvalue weighted by molar-refractivity contribution is 5.28. The molecule has 2 rings (SSSR count). The van der Waals surface area contributed by atoms with Gasteiger partial charge < -0.3 is 5.32 Å². The van der Waals surface area contributed by atoms with Gasteiger partial charge in [0.25, 0.3) is 0 Å². The second-order valence-corrected chi connectivity index (χ2v) is 4.43. The zero-order valence-electron chi connectivity index (χ0n) is 10.7. The number of aryl methyl sites for hydroxylation is 1. The lowest BCUT2D eigenvalue weighted by Crippen LogP contribution is -2.20. The Morgan fingerprint density at radius 2 is 2.17 bits per heavy atom. The van der Waals surface area contributed by atoms with Crippen molar-refractivity contribution in [3.63, 3.8) is 0 Å². The van der Waals surface area contributed by atoms with Crippen LogP contribution in [0.3, 0.4) is 0 Å². The minimum absolute atomic E-state index is 0.0332. The number of nitrogens with one attached hydrogen (secondary N) is 1. The topological polar surface area (TPSA) is 24.9 Å². The maximum absolute atomic E-state index is 13.9. The fourth-order valence-electron chi connectivity index (χ4n) is 2.05. The number of halogens is 1. The molecule has 1 heterocycles. The van der Waals surface area contributed by atoms with E-state index >= 15 is 0 Å². The minimum Gasteiger partial charge on any atom is -0.313 e. The lowest BCUT2D eigenvalue weighted by atomic mass is 9.98. The summed E-state index contributed by atoms with van der Waals surface area (Å²) in [5, 5.41) is 3.17. The van der Waals surface area contributed by atoms with Crippen LogP contribution >= 0.6 is 0 Å². The smallest absolute Gasteiger partial charge is 0.128 e. The zero-order chi connectivity index (χ0) is 13.0. The van der Waals surface area contributed by atoms with Crippen LogP contribution in [0, 0.1) is 12.7 Å². The molecule has 0 amide bonds. The highest BCUT2D eigenvalue weighted by Crippen LogP contribution is 2.21. The van der Waals surface area contributed by atoms with Crippen LogP contribution in [0.25, 0.3) is 0 Å². The van der Waals surface area contributed by atoms with E-state index in [1.54, 1.807) is 12.3 Å². The average Bonchev–Trinajstić information content (AvgIpc) is 2.40. The molecular weight excluding hydrogens is 227 g/mol. The van der Waals surface area contributed by atoms with Gasteiger partial charge in [-0.2, -0.15) is 0 Å². The Morgan fingerprint density at radius 1 is 1.33 bits per heavy atom. The number of likely N-dealkylation sites (N-methyl/N-ethyl adjacent to an activating group) is 1. The molecule has 94 valence electrons. The number of benzene rings is 1. The van der Waals surface area contributed by atoms with Gasteiger partial charge in [-0.1, -0.05) is 23.8 Å². The van der Waals surface area contributed by atoms with Gasteiger partial charge in [-0.3, -0.25) is 4.98 Å². The lowest BCUT2D eigenvalue weighted by Gasteiger charge is -2.18. The quantitative estimate of drug-likeness (QED) is 0.894. The largest absolute Gasteiger partial charge is 0.313 e. The molecule has 3 heteroatoms. The van der Waals surface area contributed by atoms with Gasteiger partial charge in [0.1, 0.15) is 5.82 Å². The average molecular weight is 244 g/mol. The summed E-state index contributed by atoms with van der Waals surface area (Å²) in [6.45, 7) is 1.97. The van der Waals surface area contributed by atoms with Crippen molar-refractivity contribution in [1.29, 1.82) is 0 Å². The molecule has 0 saturated carbocycles. The first-order valence-corrected chi connectivity index (χ1v) is 6.03. The van der Waals surface area contributed by atoms with Crippen LogP contribution in [-0.2, 0) is 6.42 Å². The molecule has 2 nitrogen and oxygen atoms in total. The minimum atomic E-state index is -0.163. The first-order chi connectivity index (χ1) is 8.70. The van der Waals surface area contributed by atoms with Gasteiger partial charge in [-0.15, -0.1) is 0 Å². The van der Waals surface area contributed by atoms with Gasteiger partial charge >= 0.3 is 0 Å². The number of aromatic nitrogens is 1. The molecule has 0 fully saturated rings. The van der Waals surface area contributed by atoms with Crippen molar-refractivity contribution in [1.82, 2.24) is 10.3 Å². The van der Waals surface area contributed by atoms with E-state index in [0.717, 1.165) is 17.5 Å². The van der Waals surface area contributed by atoms with E-state index < -0.39 is 0 Å². The predicted octanol–water partition coefficient (Wildman–Crippen LogP) is 3.03. The monoisotopic (exact) mass is 244 g/mol. The first kappa shape index (κ1) is 12.7. The molecule has 1 aromatic carbocycles. The first-order valence-electron chi connectivity index (χ1n) is 6.03. The second-order valence-electron chi connectivity index (χ2n) is 4.43.